The average molecular weight is 384 g/mol. The van der Waals surface area contributed by atoms with Crippen LogP contribution in [0.3, 0.4) is 0 Å². The predicted octanol–water partition coefficient (Wildman–Crippen LogP) is 3.63. The zero-order chi connectivity index (χ0) is 19.2. The highest BCUT2D eigenvalue weighted by Gasteiger charge is 2.19. The molecule has 3 aromatic rings. The summed E-state index contributed by atoms with van der Waals surface area (Å²) in [5.74, 6) is 0.316. The molecule has 1 N–H and O–H groups in total. The minimum atomic E-state index is -0.512. The number of rotatable bonds is 7. The minimum Gasteiger partial charge on any atom is -0.493 e. The highest BCUT2D eigenvalue weighted by atomic mass is 32.1. The van der Waals surface area contributed by atoms with Crippen molar-refractivity contribution in [3.63, 3.8) is 0 Å². The Kier molecular flexibility index (Phi) is 5.72. The molecule has 0 radical (unpaired) electrons. The van der Waals surface area contributed by atoms with E-state index in [-0.39, 0.29) is 11.3 Å². The number of hydrogen-bond donors (Lipinski definition) is 1. The number of carbonyl (C=O) groups is 1. The molecule has 27 heavy (non-hydrogen) atoms. The minimum absolute atomic E-state index is 0.0985. The van der Waals surface area contributed by atoms with Crippen LogP contribution < -0.4 is 10.1 Å². The van der Waals surface area contributed by atoms with Gasteiger partial charge >= 0.3 is 0 Å². The fourth-order valence-electron chi connectivity index (χ4n) is 2.41. The number of nitrogens with one attached hydrogen (secondary N) is 1. The van der Waals surface area contributed by atoms with Crippen LogP contribution in [0, 0.1) is 17.0 Å². The van der Waals surface area contributed by atoms with E-state index in [1.807, 2.05) is 30.3 Å². The molecule has 1 heterocycles. The number of anilines is 1. The first-order valence-electron chi connectivity index (χ1n) is 8.10. The van der Waals surface area contributed by atoms with Crippen LogP contribution in [0.2, 0.25) is 0 Å². The highest BCUT2D eigenvalue weighted by Crippen LogP contribution is 2.23. The lowest BCUT2D eigenvalue weighted by Crippen LogP contribution is -2.14. The maximum atomic E-state index is 12.4. The van der Waals surface area contributed by atoms with E-state index in [0.29, 0.717) is 23.7 Å². The first kappa shape index (κ1) is 18.5. The number of carbonyl (C=O) groups excluding carboxylic acids is 1. The number of nitro groups is 1. The van der Waals surface area contributed by atoms with Crippen LogP contribution in [0.5, 0.6) is 5.75 Å². The molecule has 0 unspecified atom stereocenters. The van der Waals surface area contributed by atoms with Crippen molar-refractivity contribution in [2.24, 2.45) is 0 Å². The summed E-state index contributed by atoms with van der Waals surface area (Å²) in [6, 6.07) is 13.8. The Labute approximate surface area is 159 Å². The van der Waals surface area contributed by atoms with Crippen molar-refractivity contribution in [2.75, 3.05) is 11.9 Å². The van der Waals surface area contributed by atoms with Crippen molar-refractivity contribution in [1.82, 2.24) is 10.2 Å². The highest BCUT2D eigenvalue weighted by molar-refractivity contribution is 7.15. The molecule has 0 aliphatic carbocycles. The quantitative estimate of drug-likeness (QED) is 0.492. The van der Waals surface area contributed by atoms with Gasteiger partial charge in [-0.2, -0.15) is 0 Å². The van der Waals surface area contributed by atoms with Gasteiger partial charge in [0.05, 0.1) is 11.5 Å². The Morgan fingerprint density at radius 2 is 1.96 bits per heavy atom. The second kappa shape index (κ2) is 8.37. The summed E-state index contributed by atoms with van der Waals surface area (Å²) >= 11 is 1.24. The molecule has 2 aromatic carbocycles. The Balaban J connectivity index is 1.60. The van der Waals surface area contributed by atoms with Gasteiger partial charge < -0.3 is 4.74 Å². The maximum Gasteiger partial charge on any atom is 0.273 e. The van der Waals surface area contributed by atoms with Gasteiger partial charge in [0.25, 0.3) is 11.6 Å². The fraction of sp³-hybridized carbons (Fsp3) is 0.167. The Morgan fingerprint density at radius 1 is 1.19 bits per heavy atom. The molecule has 0 aliphatic heterocycles. The second-order valence-electron chi connectivity index (χ2n) is 5.57. The normalized spacial score (nSPS) is 10.4. The van der Waals surface area contributed by atoms with Crippen LogP contribution in [0.25, 0.3) is 0 Å². The lowest BCUT2D eigenvalue weighted by molar-refractivity contribution is -0.385. The van der Waals surface area contributed by atoms with Crippen LogP contribution >= 0.6 is 11.3 Å². The van der Waals surface area contributed by atoms with Gasteiger partial charge in [0.1, 0.15) is 10.8 Å². The molecule has 9 heteroatoms. The molecule has 1 aromatic heterocycles. The van der Waals surface area contributed by atoms with Crippen LogP contribution in [0.4, 0.5) is 10.8 Å². The van der Waals surface area contributed by atoms with Crippen molar-refractivity contribution >= 4 is 28.1 Å². The molecular weight excluding hydrogens is 368 g/mol. The molecule has 138 valence electrons. The summed E-state index contributed by atoms with van der Waals surface area (Å²) in [4.78, 5) is 22.9. The number of hydrogen-bond acceptors (Lipinski definition) is 7. The molecule has 3 rings (SSSR count). The molecule has 8 nitrogen and oxygen atoms in total. The third-order valence-electron chi connectivity index (χ3n) is 3.76. The van der Waals surface area contributed by atoms with Gasteiger partial charge in [-0.05, 0) is 25.1 Å². The Morgan fingerprint density at radius 3 is 2.70 bits per heavy atom. The standard InChI is InChI=1S/C18H16N4O4S/c1-12-14(8-5-9-15(12)22(24)25)17(23)19-18-21-20-16(27-18)10-11-26-13-6-3-2-4-7-13/h2-9H,10-11H2,1H3,(H,19,21,23). The molecule has 0 saturated carbocycles. The molecule has 0 fully saturated rings. The number of ether oxygens (including phenoxy) is 1. The van der Waals surface area contributed by atoms with Crippen molar-refractivity contribution in [3.05, 3.63) is 74.8 Å². The molecule has 0 bridgehead atoms. The number of nitro benzene ring substituents is 1. The summed E-state index contributed by atoms with van der Waals surface area (Å²) in [5.41, 5.74) is 0.438. The summed E-state index contributed by atoms with van der Waals surface area (Å²) < 4.78 is 5.61. The van der Waals surface area contributed by atoms with Crippen molar-refractivity contribution in [3.8, 4) is 5.75 Å². The number of benzene rings is 2. The summed E-state index contributed by atoms with van der Waals surface area (Å²) in [7, 11) is 0. The van der Waals surface area contributed by atoms with Crippen LogP contribution in [-0.2, 0) is 6.42 Å². The predicted molar refractivity (Wildman–Crippen MR) is 101 cm³/mol. The molecule has 0 spiro atoms. The number of amides is 1. The van der Waals surface area contributed by atoms with E-state index in [9.17, 15) is 14.9 Å². The second-order valence-corrected chi connectivity index (χ2v) is 6.64. The fourth-order valence-corrected chi connectivity index (χ4v) is 3.13. The van der Waals surface area contributed by atoms with E-state index in [1.165, 1.54) is 29.5 Å². The van der Waals surface area contributed by atoms with Crippen molar-refractivity contribution < 1.29 is 14.5 Å². The SMILES string of the molecule is Cc1c(C(=O)Nc2nnc(CCOc3ccccc3)s2)cccc1[N+](=O)[O-]. The van der Waals surface area contributed by atoms with E-state index >= 15 is 0 Å². The van der Waals surface area contributed by atoms with E-state index in [4.69, 9.17) is 4.74 Å². The monoisotopic (exact) mass is 384 g/mol. The lowest BCUT2D eigenvalue weighted by atomic mass is 10.1. The first-order chi connectivity index (χ1) is 13.0. The number of aromatic nitrogens is 2. The van der Waals surface area contributed by atoms with E-state index < -0.39 is 10.8 Å². The molecule has 0 saturated heterocycles. The van der Waals surface area contributed by atoms with Crippen LogP contribution in [-0.4, -0.2) is 27.6 Å². The largest absolute Gasteiger partial charge is 0.493 e. The van der Waals surface area contributed by atoms with E-state index in [2.05, 4.69) is 15.5 Å². The third-order valence-corrected chi connectivity index (χ3v) is 4.66. The van der Waals surface area contributed by atoms with Crippen LogP contribution in [0.1, 0.15) is 20.9 Å². The van der Waals surface area contributed by atoms with Gasteiger partial charge in [0.2, 0.25) is 5.13 Å². The van der Waals surface area contributed by atoms with Gasteiger partial charge in [-0.15, -0.1) is 10.2 Å². The first-order valence-corrected chi connectivity index (χ1v) is 8.92. The number of nitrogens with zero attached hydrogens (tertiary/aromatic N) is 3. The van der Waals surface area contributed by atoms with Gasteiger partial charge in [-0.1, -0.05) is 35.6 Å². The van der Waals surface area contributed by atoms with Crippen molar-refractivity contribution in [1.29, 1.82) is 0 Å². The zero-order valence-corrected chi connectivity index (χ0v) is 15.2. The van der Waals surface area contributed by atoms with Gasteiger partial charge in [0.15, 0.2) is 0 Å². The summed E-state index contributed by atoms with van der Waals surface area (Å²) in [6.45, 7) is 1.98. The molecular formula is C18H16N4O4S. The number of para-hydroxylation sites is 1. The molecule has 0 aliphatic rings. The van der Waals surface area contributed by atoms with Crippen LogP contribution in [0.15, 0.2) is 48.5 Å². The Hall–Kier alpha value is -3.33. The average Bonchev–Trinajstić information content (AvgIpc) is 3.09. The van der Waals surface area contributed by atoms with Gasteiger partial charge in [-0.25, -0.2) is 0 Å². The summed E-state index contributed by atoms with van der Waals surface area (Å²) in [6.07, 6.45) is 0.554. The molecule has 1 amide bonds. The smallest absolute Gasteiger partial charge is 0.273 e. The maximum absolute atomic E-state index is 12.4. The van der Waals surface area contributed by atoms with Gasteiger partial charge in [-0.3, -0.25) is 20.2 Å². The molecule has 0 atom stereocenters. The third kappa shape index (κ3) is 4.64. The lowest BCUT2D eigenvalue weighted by Gasteiger charge is -2.05. The van der Waals surface area contributed by atoms with E-state index in [1.54, 1.807) is 6.92 Å². The topological polar surface area (TPSA) is 107 Å². The Bertz CT molecular complexity index is 959. The van der Waals surface area contributed by atoms with Crippen molar-refractivity contribution in [2.45, 2.75) is 13.3 Å². The van der Waals surface area contributed by atoms with Gasteiger partial charge in [0, 0.05) is 23.6 Å². The summed E-state index contributed by atoms with van der Waals surface area (Å²) in [5, 5.41) is 22.7. The van der Waals surface area contributed by atoms with E-state index in [0.717, 1.165) is 10.8 Å². The zero-order valence-electron chi connectivity index (χ0n) is 14.4.